The first-order chi connectivity index (χ1) is 9.83. The molecule has 0 aliphatic carbocycles. The minimum Gasteiger partial charge on any atom is -0.433 e. The van der Waals surface area contributed by atoms with Crippen molar-refractivity contribution < 1.29 is 31.8 Å². The summed E-state index contributed by atoms with van der Waals surface area (Å²) in [5.41, 5.74) is 0. The smallest absolute Gasteiger partial charge is 0.433 e. The third-order valence-corrected chi connectivity index (χ3v) is 6.47. The van der Waals surface area contributed by atoms with E-state index < -0.39 is 36.7 Å². The Labute approximate surface area is 125 Å². The number of rotatable bonds is 6. The first-order valence-electron chi connectivity index (χ1n) is 6.09. The Balaban J connectivity index is 2.93. The van der Waals surface area contributed by atoms with Crippen molar-refractivity contribution in [1.29, 1.82) is 0 Å². The van der Waals surface area contributed by atoms with Crippen molar-refractivity contribution in [2.75, 3.05) is 0 Å². The van der Waals surface area contributed by atoms with Gasteiger partial charge >= 0.3 is 9.05 Å². The first kappa shape index (κ1) is 17.1. The lowest BCUT2D eigenvalue weighted by atomic mass is 10.4. The van der Waals surface area contributed by atoms with E-state index in [0.717, 1.165) is 26.0 Å². The molecule has 0 saturated heterocycles. The molecule has 9 heteroatoms. The Morgan fingerprint density at radius 3 is 1.67 bits per heavy atom. The topological polar surface area (TPSA) is 88.1 Å². The van der Waals surface area contributed by atoms with Crippen LogP contribution in [0.3, 0.4) is 0 Å². The van der Waals surface area contributed by atoms with Crippen molar-refractivity contribution in [3.8, 4) is 0 Å². The second-order valence-electron chi connectivity index (χ2n) is 4.06. The van der Waals surface area contributed by atoms with Gasteiger partial charge in [0.05, 0.1) is 0 Å². The van der Waals surface area contributed by atoms with Crippen molar-refractivity contribution in [3.05, 3.63) is 30.3 Å². The lowest BCUT2D eigenvalue weighted by Crippen LogP contribution is -2.54. The highest BCUT2D eigenvalue weighted by Crippen LogP contribution is 2.12. The van der Waals surface area contributed by atoms with Crippen LogP contribution in [0.4, 0.5) is 0 Å². The fourth-order valence-corrected chi connectivity index (χ4v) is 5.15. The summed E-state index contributed by atoms with van der Waals surface area (Å²) >= 11 is 0. The molecule has 0 N–H and O–H groups in total. The Bertz CT molecular complexity index is 477. The van der Waals surface area contributed by atoms with Crippen LogP contribution in [0.1, 0.15) is 20.8 Å². The molecule has 0 aromatic heterocycles. The number of hydrogen-bond acceptors (Lipinski definition) is 7. The maximum atomic E-state index is 11.2. The molecule has 1 rings (SSSR count). The van der Waals surface area contributed by atoms with E-state index in [1.807, 2.05) is 30.3 Å². The Hall–Kier alpha value is -1.98. The third-order valence-electron chi connectivity index (χ3n) is 2.06. The molecule has 0 unspecified atom stereocenters. The van der Waals surface area contributed by atoms with Crippen LogP contribution >= 0.6 is 0 Å². The maximum absolute atomic E-state index is 11.2. The van der Waals surface area contributed by atoms with Crippen LogP contribution in [-0.4, -0.2) is 36.7 Å². The van der Waals surface area contributed by atoms with Gasteiger partial charge in [-0.2, -0.15) is 0 Å². The molecule has 0 aliphatic heterocycles. The van der Waals surface area contributed by atoms with Crippen molar-refractivity contribution in [1.82, 2.24) is 0 Å². The lowest BCUT2D eigenvalue weighted by molar-refractivity contribution is -0.152. The van der Waals surface area contributed by atoms with Gasteiger partial charge < -0.3 is 17.4 Å². The van der Waals surface area contributed by atoms with E-state index in [-0.39, 0.29) is 0 Å². The summed E-state index contributed by atoms with van der Waals surface area (Å²) < 4.78 is 20.2. The molecule has 0 radical (unpaired) electrons. The molecule has 1 aromatic carbocycles. The molecule has 0 bridgehead atoms. The zero-order valence-electron chi connectivity index (χ0n) is 12.0. The first-order valence-corrected chi connectivity index (χ1v) is 9.01. The predicted octanol–water partition coefficient (Wildman–Crippen LogP) is -0.463. The largest absolute Gasteiger partial charge is 0.888 e. The van der Waals surface area contributed by atoms with E-state index in [9.17, 15) is 14.4 Å². The highest BCUT2D eigenvalue weighted by atomic mass is 28.4. The summed E-state index contributed by atoms with van der Waals surface area (Å²) in [4.78, 5) is 33.6. The number of carbonyl (C=O) groups excluding carboxylic acids is 3. The van der Waals surface area contributed by atoms with Gasteiger partial charge in [0, 0.05) is 20.8 Å². The molecule has 0 heterocycles. The van der Waals surface area contributed by atoms with Gasteiger partial charge in [0.15, 0.2) is 9.76 Å². The van der Waals surface area contributed by atoms with Gasteiger partial charge in [-0.3, -0.25) is 14.4 Å². The molecule has 0 amide bonds. The average molecular weight is 328 g/mol. The number of hydrogen-bond donors (Lipinski definition) is 0. The summed E-state index contributed by atoms with van der Waals surface area (Å²) in [7, 11) is -5.57. The van der Waals surface area contributed by atoms with Gasteiger partial charge in [-0.05, 0) is 5.19 Å². The second-order valence-corrected chi connectivity index (χ2v) is 7.93. The van der Waals surface area contributed by atoms with E-state index in [4.69, 9.17) is 17.4 Å². The lowest BCUT2D eigenvalue weighted by Gasteiger charge is -2.24. The fourth-order valence-electron chi connectivity index (χ4n) is 1.42. The van der Waals surface area contributed by atoms with E-state index in [0.29, 0.717) is 0 Å². The normalized spacial score (nSPS) is 11.2. The number of benzene rings is 1. The molecule has 1 aromatic rings. The molecule has 0 spiro atoms. The Morgan fingerprint density at radius 1 is 0.857 bits per heavy atom. The summed E-state index contributed by atoms with van der Waals surface area (Å²) in [6, 6.07) is 9.12. The van der Waals surface area contributed by atoms with E-state index >= 15 is 0 Å². The monoisotopic (exact) mass is 328 g/mol. The average Bonchev–Trinajstić information content (AvgIpc) is 2.35. The molecule has 0 atom stereocenters. The molecule has 0 fully saturated rings. The molecular formula is C12H16O7Si2. The number of carbonyl (C=O) groups is 3. The van der Waals surface area contributed by atoms with Gasteiger partial charge in [0.2, 0.25) is 0 Å². The van der Waals surface area contributed by atoms with Crippen LogP contribution in [0.5, 0.6) is 0 Å². The molecule has 7 nitrogen and oxygen atoms in total. The van der Waals surface area contributed by atoms with Crippen LogP contribution in [0.15, 0.2) is 30.3 Å². The Kier molecular flexibility index (Phi) is 6.27. The van der Waals surface area contributed by atoms with Crippen LogP contribution in [-0.2, 0) is 31.8 Å². The standard InChI is InChI=1S/C12H16O7Si2/c1-9(13)16-21(17-10(2)14,18-11(3)15)19-20-12-7-5-4-6-8-12/h4-8H,20H2,1-3H3. The Morgan fingerprint density at radius 2 is 1.29 bits per heavy atom. The van der Waals surface area contributed by atoms with Crippen molar-refractivity contribution >= 4 is 41.9 Å². The maximum Gasteiger partial charge on any atom is 0.888 e. The van der Waals surface area contributed by atoms with E-state index in [2.05, 4.69) is 0 Å². The molecular weight excluding hydrogens is 312 g/mol. The van der Waals surface area contributed by atoms with Crippen molar-refractivity contribution in [2.24, 2.45) is 0 Å². The highest BCUT2D eigenvalue weighted by Gasteiger charge is 2.56. The molecule has 0 aliphatic rings. The minimum atomic E-state index is -4.15. The predicted molar refractivity (Wildman–Crippen MR) is 76.8 cm³/mol. The highest BCUT2D eigenvalue weighted by molar-refractivity contribution is 6.67. The summed E-state index contributed by atoms with van der Waals surface area (Å²) in [5, 5.41) is 0.876. The van der Waals surface area contributed by atoms with Crippen LogP contribution in [0.2, 0.25) is 0 Å². The van der Waals surface area contributed by atoms with E-state index in [1.54, 1.807) is 0 Å². The van der Waals surface area contributed by atoms with Crippen LogP contribution < -0.4 is 5.19 Å². The van der Waals surface area contributed by atoms with Crippen molar-refractivity contribution in [2.45, 2.75) is 20.8 Å². The quantitative estimate of drug-likeness (QED) is 0.653. The molecule has 0 saturated carbocycles. The summed E-state index contributed by atoms with van der Waals surface area (Å²) in [5.74, 6) is -2.27. The van der Waals surface area contributed by atoms with Gasteiger partial charge in [-0.1, -0.05) is 30.3 Å². The SMILES string of the molecule is CC(=O)O[Si](O[SiH2]c1ccccc1)(OC(C)=O)OC(C)=O. The third kappa shape index (κ3) is 6.34. The molecule has 114 valence electrons. The van der Waals surface area contributed by atoms with Gasteiger partial charge in [-0.25, -0.2) is 0 Å². The van der Waals surface area contributed by atoms with Gasteiger partial charge in [0.25, 0.3) is 17.9 Å². The fraction of sp³-hybridized carbons (Fsp3) is 0.250. The molecule has 21 heavy (non-hydrogen) atoms. The summed E-state index contributed by atoms with van der Waals surface area (Å²) in [6.45, 7) is 3.34. The van der Waals surface area contributed by atoms with Crippen LogP contribution in [0.25, 0.3) is 0 Å². The van der Waals surface area contributed by atoms with Gasteiger partial charge in [-0.15, -0.1) is 0 Å². The minimum absolute atomic E-state index is 0.758. The zero-order valence-corrected chi connectivity index (χ0v) is 14.4. The second kappa shape index (κ2) is 7.71. The summed E-state index contributed by atoms with van der Waals surface area (Å²) in [6.07, 6.45) is 0. The van der Waals surface area contributed by atoms with E-state index in [1.165, 1.54) is 0 Å². The van der Waals surface area contributed by atoms with Gasteiger partial charge in [0.1, 0.15) is 0 Å². The van der Waals surface area contributed by atoms with Crippen molar-refractivity contribution in [3.63, 3.8) is 0 Å². The zero-order chi connectivity index (χ0) is 15.9. The van der Waals surface area contributed by atoms with Crippen LogP contribution in [0, 0.1) is 0 Å².